The van der Waals surface area contributed by atoms with E-state index < -0.39 is 0 Å². The fraction of sp³-hybridized carbons (Fsp3) is 0.357. The van der Waals surface area contributed by atoms with Crippen LogP contribution in [0.2, 0.25) is 0 Å². The maximum atomic E-state index is 5.82. The molecule has 0 unspecified atom stereocenters. The Kier molecular flexibility index (Phi) is 3.48. The average molecular weight is 247 g/mol. The minimum atomic E-state index is 0.559. The summed E-state index contributed by atoms with van der Waals surface area (Å²) in [5.74, 6) is 0.954. The molecular formula is C14H17NOS. The van der Waals surface area contributed by atoms with Gasteiger partial charge in [0.1, 0.15) is 17.4 Å². The molecule has 0 bridgehead atoms. The first-order valence-electron chi connectivity index (χ1n) is 5.69. The molecule has 0 saturated heterocycles. The Morgan fingerprint density at radius 3 is 2.59 bits per heavy atom. The third-order valence-electron chi connectivity index (χ3n) is 2.77. The number of thiazole rings is 1. The highest BCUT2D eigenvalue weighted by molar-refractivity contribution is 7.11. The van der Waals surface area contributed by atoms with Crippen LogP contribution in [0.25, 0.3) is 0 Å². The average Bonchev–Trinajstić information content (AvgIpc) is 2.60. The highest BCUT2D eigenvalue weighted by Gasteiger charge is 2.05. The van der Waals surface area contributed by atoms with Crippen LogP contribution < -0.4 is 4.74 Å². The normalized spacial score (nSPS) is 10.6. The Morgan fingerprint density at radius 1 is 1.18 bits per heavy atom. The van der Waals surface area contributed by atoms with Gasteiger partial charge in [0.2, 0.25) is 0 Å². The van der Waals surface area contributed by atoms with Crippen LogP contribution in [0.3, 0.4) is 0 Å². The first-order valence-corrected chi connectivity index (χ1v) is 6.51. The van der Waals surface area contributed by atoms with Crippen LogP contribution in [0.5, 0.6) is 5.75 Å². The quantitative estimate of drug-likeness (QED) is 0.819. The summed E-state index contributed by atoms with van der Waals surface area (Å²) in [5, 5.41) is 1.04. The Balaban J connectivity index is 2.09. The smallest absolute Gasteiger partial charge is 0.140 e. The highest BCUT2D eigenvalue weighted by atomic mass is 32.1. The Hall–Kier alpha value is -1.35. The number of aryl methyl sites for hydroxylation is 4. The van der Waals surface area contributed by atoms with Gasteiger partial charge in [0, 0.05) is 4.88 Å². The second-order valence-electron chi connectivity index (χ2n) is 4.31. The third-order valence-corrected chi connectivity index (χ3v) is 3.81. The van der Waals surface area contributed by atoms with Gasteiger partial charge in [-0.2, -0.15) is 0 Å². The first-order chi connectivity index (χ1) is 8.06. The minimum absolute atomic E-state index is 0.559. The fourth-order valence-corrected chi connectivity index (χ4v) is 2.45. The van der Waals surface area contributed by atoms with E-state index in [1.54, 1.807) is 11.3 Å². The summed E-state index contributed by atoms with van der Waals surface area (Å²) in [6, 6.07) is 6.26. The molecule has 0 amide bonds. The van der Waals surface area contributed by atoms with E-state index in [1.165, 1.54) is 16.0 Å². The summed E-state index contributed by atoms with van der Waals surface area (Å²) in [7, 11) is 0. The van der Waals surface area contributed by atoms with Crippen molar-refractivity contribution in [1.82, 2.24) is 4.98 Å². The summed E-state index contributed by atoms with van der Waals surface area (Å²) in [4.78, 5) is 5.74. The van der Waals surface area contributed by atoms with Gasteiger partial charge in [0.15, 0.2) is 0 Å². The van der Waals surface area contributed by atoms with Crippen molar-refractivity contribution < 1.29 is 4.74 Å². The molecule has 90 valence electrons. The van der Waals surface area contributed by atoms with Crippen molar-refractivity contribution in [2.45, 2.75) is 34.3 Å². The van der Waals surface area contributed by atoms with E-state index in [0.717, 1.165) is 16.5 Å². The molecule has 1 aromatic carbocycles. The predicted molar refractivity (Wildman–Crippen MR) is 71.8 cm³/mol. The minimum Gasteiger partial charge on any atom is -0.486 e. The van der Waals surface area contributed by atoms with Gasteiger partial charge in [-0.15, -0.1) is 11.3 Å². The van der Waals surface area contributed by atoms with Crippen molar-refractivity contribution >= 4 is 11.3 Å². The molecule has 0 N–H and O–H groups in total. The highest BCUT2D eigenvalue weighted by Crippen LogP contribution is 2.22. The summed E-state index contributed by atoms with van der Waals surface area (Å²) in [6.45, 7) is 8.82. The molecule has 17 heavy (non-hydrogen) atoms. The predicted octanol–water partition coefficient (Wildman–Crippen LogP) is 3.96. The van der Waals surface area contributed by atoms with E-state index in [2.05, 4.69) is 44.0 Å². The van der Waals surface area contributed by atoms with E-state index in [0.29, 0.717) is 6.61 Å². The third kappa shape index (κ3) is 2.86. The van der Waals surface area contributed by atoms with Crippen molar-refractivity contribution in [2.24, 2.45) is 0 Å². The van der Waals surface area contributed by atoms with Gasteiger partial charge < -0.3 is 4.74 Å². The lowest BCUT2D eigenvalue weighted by Crippen LogP contribution is -1.97. The van der Waals surface area contributed by atoms with Gasteiger partial charge in [0.25, 0.3) is 0 Å². The molecular weight excluding hydrogens is 230 g/mol. The number of aromatic nitrogens is 1. The molecule has 1 aromatic heterocycles. The maximum absolute atomic E-state index is 5.82. The second-order valence-corrected chi connectivity index (χ2v) is 5.59. The zero-order valence-electron chi connectivity index (χ0n) is 10.7. The molecule has 2 nitrogen and oxygen atoms in total. The number of nitrogens with zero attached hydrogens (tertiary/aromatic N) is 1. The lowest BCUT2D eigenvalue weighted by atomic mass is 10.1. The van der Waals surface area contributed by atoms with Crippen molar-refractivity contribution in [3.63, 3.8) is 0 Å². The largest absolute Gasteiger partial charge is 0.486 e. The number of rotatable bonds is 3. The van der Waals surface area contributed by atoms with Gasteiger partial charge in [-0.1, -0.05) is 12.1 Å². The van der Waals surface area contributed by atoms with Gasteiger partial charge in [-0.3, -0.25) is 0 Å². The molecule has 0 spiro atoms. The number of hydrogen-bond acceptors (Lipinski definition) is 3. The first kappa shape index (κ1) is 12.1. The zero-order valence-corrected chi connectivity index (χ0v) is 11.5. The van der Waals surface area contributed by atoms with Gasteiger partial charge in [-0.25, -0.2) is 4.98 Å². The van der Waals surface area contributed by atoms with Crippen LogP contribution in [-0.4, -0.2) is 4.98 Å². The Morgan fingerprint density at radius 2 is 1.94 bits per heavy atom. The Labute approximate surface area is 106 Å². The molecule has 0 fully saturated rings. The van der Waals surface area contributed by atoms with Crippen molar-refractivity contribution in [3.8, 4) is 5.75 Å². The van der Waals surface area contributed by atoms with E-state index in [1.807, 2.05) is 6.92 Å². The maximum Gasteiger partial charge on any atom is 0.140 e. The monoisotopic (exact) mass is 247 g/mol. The molecule has 3 heteroatoms. The van der Waals surface area contributed by atoms with E-state index in [9.17, 15) is 0 Å². The lowest BCUT2D eigenvalue weighted by molar-refractivity contribution is 0.303. The number of hydrogen-bond donors (Lipinski definition) is 0. The molecule has 0 radical (unpaired) electrons. The van der Waals surface area contributed by atoms with Crippen molar-refractivity contribution in [2.75, 3.05) is 0 Å². The van der Waals surface area contributed by atoms with Crippen LogP contribution in [0.4, 0.5) is 0 Å². The topological polar surface area (TPSA) is 22.1 Å². The molecule has 2 rings (SSSR count). The summed E-state index contributed by atoms with van der Waals surface area (Å²) in [5.41, 5.74) is 3.49. The summed E-state index contributed by atoms with van der Waals surface area (Å²) < 4.78 is 5.82. The van der Waals surface area contributed by atoms with E-state index in [4.69, 9.17) is 4.74 Å². The van der Waals surface area contributed by atoms with Gasteiger partial charge in [0.05, 0.1) is 5.69 Å². The molecule has 2 aromatic rings. The second kappa shape index (κ2) is 4.88. The number of benzene rings is 1. The lowest BCUT2D eigenvalue weighted by Gasteiger charge is -2.08. The van der Waals surface area contributed by atoms with E-state index >= 15 is 0 Å². The zero-order chi connectivity index (χ0) is 12.4. The van der Waals surface area contributed by atoms with Crippen LogP contribution in [0, 0.1) is 27.7 Å². The number of ether oxygens (including phenoxy) is 1. The van der Waals surface area contributed by atoms with Crippen molar-refractivity contribution in [3.05, 3.63) is 44.9 Å². The molecule has 0 aliphatic heterocycles. The molecule has 0 aliphatic carbocycles. The Bertz CT molecular complexity index is 512. The van der Waals surface area contributed by atoms with Crippen LogP contribution in [-0.2, 0) is 6.61 Å². The van der Waals surface area contributed by atoms with Crippen LogP contribution in [0.1, 0.15) is 26.7 Å². The molecule has 0 saturated carbocycles. The van der Waals surface area contributed by atoms with E-state index in [-0.39, 0.29) is 0 Å². The summed E-state index contributed by atoms with van der Waals surface area (Å²) in [6.07, 6.45) is 0. The SMILES string of the molecule is Cc1ccc(C)c(OCc2nc(C)c(C)s2)c1. The van der Waals surface area contributed by atoms with Crippen LogP contribution in [0.15, 0.2) is 18.2 Å². The van der Waals surface area contributed by atoms with Gasteiger partial charge >= 0.3 is 0 Å². The summed E-state index contributed by atoms with van der Waals surface area (Å²) >= 11 is 1.71. The standard InChI is InChI=1S/C14H17NOS/c1-9-5-6-10(2)13(7-9)16-8-14-15-11(3)12(4)17-14/h5-7H,8H2,1-4H3. The fourth-order valence-electron chi connectivity index (χ4n) is 1.60. The van der Waals surface area contributed by atoms with Crippen molar-refractivity contribution in [1.29, 1.82) is 0 Å². The molecule has 0 aliphatic rings. The van der Waals surface area contributed by atoms with Gasteiger partial charge in [-0.05, 0) is 44.9 Å². The van der Waals surface area contributed by atoms with Crippen LogP contribution >= 0.6 is 11.3 Å². The molecule has 0 atom stereocenters. The molecule has 1 heterocycles.